The first-order valence-electron chi connectivity index (χ1n) is 33.0. The summed E-state index contributed by atoms with van der Waals surface area (Å²) in [5.74, 6) is -1.16. The van der Waals surface area contributed by atoms with Crippen molar-refractivity contribution in [2.75, 3.05) is 13.2 Å². The molecule has 0 heterocycles. The third kappa shape index (κ3) is 65.7. The molecule has 0 aromatic heterocycles. The van der Waals surface area contributed by atoms with Gasteiger partial charge >= 0.3 is 17.9 Å². The Morgan fingerprint density at radius 1 is 0.272 bits per heavy atom. The van der Waals surface area contributed by atoms with E-state index in [-0.39, 0.29) is 32.0 Å². The van der Waals surface area contributed by atoms with Gasteiger partial charge in [0, 0.05) is 12.8 Å². The predicted molar refractivity (Wildman–Crippen MR) is 352 cm³/mol. The summed E-state index contributed by atoms with van der Waals surface area (Å²) in [5.41, 5.74) is 0. The molecule has 0 aromatic rings. The molecular formula is C75H120O6. The fraction of sp³-hybridized carbons (Fsp3) is 0.613. The molecule has 456 valence electrons. The summed E-state index contributed by atoms with van der Waals surface area (Å²) in [4.78, 5) is 38.2. The van der Waals surface area contributed by atoms with Gasteiger partial charge < -0.3 is 14.2 Å². The van der Waals surface area contributed by atoms with Crippen molar-refractivity contribution in [2.24, 2.45) is 0 Å². The highest BCUT2D eigenvalue weighted by atomic mass is 16.6. The van der Waals surface area contributed by atoms with Gasteiger partial charge in [-0.3, -0.25) is 14.4 Å². The number of hydrogen-bond acceptors (Lipinski definition) is 6. The van der Waals surface area contributed by atoms with Crippen LogP contribution in [-0.2, 0) is 28.6 Å². The number of unbranched alkanes of at least 4 members (excludes halogenated alkanes) is 22. The van der Waals surface area contributed by atoms with Crippen molar-refractivity contribution in [3.05, 3.63) is 158 Å². The number of rotatable bonds is 58. The van der Waals surface area contributed by atoms with Gasteiger partial charge in [0.1, 0.15) is 13.2 Å². The predicted octanol–water partition coefficient (Wildman–Crippen LogP) is 22.9. The number of carbonyl (C=O) groups excluding carboxylic acids is 3. The number of allylic oxidation sites excluding steroid dienone is 25. The zero-order valence-corrected chi connectivity index (χ0v) is 52.2. The molecule has 0 aromatic carbocycles. The lowest BCUT2D eigenvalue weighted by Gasteiger charge is -2.18. The van der Waals surface area contributed by atoms with Gasteiger partial charge in [0.05, 0.1) is 6.42 Å². The van der Waals surface area contributed by atoms with Gasteiger partial charge in [0.25, 0.3) is 0 Å². The Morgan fingerprint density at radius 3 is 0.914 bits per heavy atom. The Morgan fingerprint density at radius 2 is 0.556 bits per heavy atom. The van der Waals surface area contributed by atoms with Crippen LogP contribution in [0.2, 0.25) is 0 Å². The maximum absolute atomic E-state index is 12.9. The molecule has 6 nitrogen and oxygen atoms in total. The molecular weight excluding hydrogens is 997 g/mol. The molecule has 6 heteroatoms. The topological polar surface area (TPSA) is 78.9 Å². The summed E-state index contributed by atoms with van der Waals surface area (Å²) < 4.78 is 16.7. The molecule has 0 amide bonds. The first kappa shape index (κ1) is 76.0. The normalized spacial score (nSPS) is 13.2. The van der Waals surface area contributed by atoms with E-state index in [9.17, 15) is 14.4 Å². The highest BCUT2D eigenvalue weighted by molar-refractivity contribution is 5.72. The Bertz CT molecular complexity index is 1810. The van der Waals surface area contributed by atoms with E-state index in [1.54, 1.807) is 6.08 Å². The van der Waals surface area contributed by atoms with E-state index in [1.807, 2.05) is 18.2 Å². The van der Waals surface area contributed by atoms with Crippen molar-refractivity contribution in [1.82, 2.24) is 0 Å². The van der Waals surface area contributed by atoms with Crippen LogP contribution in [0.15, 0.2) is 158 Å². The Labute approximate surface area is 499 Å². The zero-order valence-electron chi connectivity index (χ0n) is 52.2. The van der Waals surface area contributed by atoms with Crippen LogP contribution in [-0.4, -0.2) is 37.2 Å². The summed E-state index contributed by atoms with van der Waals surface area (Å²) in [6.45, 7) is 6.26. The van der Waals surface area contributed by atoms with Crippen LogP contribution in [0.25, 0.3) is 0 Å². The summed E-state index contributed by atoms with van der Waals surface area (Å²) in [6, 6.07) is 0. The molecule has 0 bridgehead atoms. The van der Waals surface area contributed by atoms with Crippen LogP contribution < -0.4 is 0 Å². The lowest BCUT2D eigenvalue weighted by molar-refractivity contribution is -0.166. The summed E-state index contributed by atoms with van der Waals surface area (Å²) >= 11 is 0. The maximum Gasteiger partial charge on any atom is 0.309 e. The van der Waals surface area contributed by atoms with Crippen LogP contribution in [0.1, 0.15) is 278 Å². The van der Waals surface area contributed by atoms with E-state index < -0.39 is 18.0 Å². The Kier molecular flexibility index (Phi) is 63.4. The fourth-order valence-corrected chi connectivity index (χ4v) is 8.69. The zero-order chi connectivity index (χ0) is 58.5. The molecule has 0 rings (SSSR count). The quantitative estimate of drug-likeness (QED) is 0.0261. The molecule has 0 fully saturated rings. The lowest BCUT2D eigenvalue weighted by atomic mass is 10.0. The maximum atomic E-state index is 12.9. The standard InChI is InChI=1S/C75H120O6/c1-4-7-10-13-16-19-22-25-28-30-32-33-34-35-36-37-38-39-40-41-43-44-47-50-53-56-59-62-65-68-74(77)80-71-72(70-79-73(76)67-64-61-58-55-52-49-46-27-24-21-18-15-12-9-6-3)81-75(78)69-66-63-60-57-54-51-48-45-42-31-29-26-23-20-17-14-11-8-5-2/h8-9,11-12,17-18,20-22,25-27,29-30,32,42,45-46,51-52,54-55,60-61,63-64,72H,4-7,10,13-16,19,23-24,28,31,33-41,43-44,47-50,53,56-59,62,65-71H2,1-3H3/b11-8-,12-9-,20-17-,21-18-,25-22-,29-26-,32-30-,45-42-,46-27-,54-51-,55-52-,63-60-,64-61-. The number of esters is 3. The van der Waals surface area contributed by atoms with Gasteiger partial charge in [-0.25, -0.2) is 0 Å². The summed E-state index contributed by atoms with van der Waals surface area (Å²) in [6.07, 6.45) is 98.8. The van der Waals surface area contributed by atoms with Gasteiger partial charge in [0.2, 0.25) is 0 Å². The monoisotopic (exact) mass is 1120 g/mol. The minimum atomic E-state index is -0.866. The smallest absolute Gasteiger partial charge is 0.309 e. The second-order valence-electron chi connectivity index (χ2n) is 21.3. The summed E-state index contributed by atoms with van der Waals surface area (Å²) in [5, 5.41) is 0. The van der Waals surface area contributed by atoms with E-state index in [0.717, 1.165) is 96.3 Å². The molecule has 0 aliphatic heterocycles. The molecule has 0 spiro atoms. The van der Waals surface area contributed by atoms with Crippen molar-refractivity contribution in [2.45, 2.75) is 284 Å². The second-order valence-corrected chi connectivity index (χ2v) is 21.3. The largest absolute Gasteiger partial charge is 0.462 e. The van der Waals surface area contributed by atoms with E-state index in [0.29, 0.717) is 12.8 Å². The average molecular weight is 1120 g/mol. The highest BCUT2D eigenvalue weighted by Gasteiger charge is 2.19. The van der Waals surface area contributed by atoms with Crippen molar-refractivity contribution < 1.29 is 28.6 Å². The van der Waals surface area contributed by atoms with Crippen LogP contribution >= 0.6 is 0 Å². The van der Waals surface area contributed by atoms with Crippen molar-refractivity contribution >= 4 is 17.9 Å². The minimum Gasteiger partial charge on any atom is -0.462 e. The molecule has 0 aliphatic rings. The van der Waals surface area contributed by atoms with Gasteiger partial charge in [-0.2, -0.15) is 0 Å². The van der Waals surface area contributed by atoms with Crippen LogP contribution in [0, 0.1) is 0 Å². The van der Waals surface area contributed by atoms with Crippen molar-refractivity contribution in [3.63, 3.8) is 0 Å². The van der Waals surface area contributed by atoms with Crippen molar-refractivity contribution in [3.8, 4) is 0 Å². The first-order chi connectivity index (χ1) is 40.0. The molecule has 0 radical (unpaired) electrons. The van der Waals surface area contributed by atoms with E-state index >= 15 is 0 Å². The number of hydrogen-bond donors (Lipinski definition) is 0. The number of carbonyl (C=O) groups is 3. The Hall–Kier alpha value is -4.97. The van der Waals surface area contributed by atoms with E-state index in [2.05, 4.69) is 154 Å². The third-order valence-corrected chi connectivity index (χ3v) is 13.5. The molecule has 0 N–H and O–H groups in total. The van der Waals surface area contributed by atoms with Crippen molar-refractivity contribution in [1.29, 1.82) is 0 Å². The van der Waals surface area contributed by atoms with E-state index in [4.69, 9.17) is 14.2 Å². The van der Waals surface area contributed by atoms with Gasteiger partial charge in [-0.05, 0) is 116 Å². The minimum absolute atomic E-state index is 0.105. The molecule has 0 saturated heterocycles. The van der Waals surface area contributed by atoms with E-state index in [1.165, 1.54) is 135 Å². The highest BCUT2D eigenvalue weighted by Crippen LogP contribution is 2.16. The van der Waals surface area contributed by atoms with Crippen LogP contribution in [0.5, 0.6) is 0 Å². The molecule has 0 aliphatic carbocycles. The molecule has 1 atom stereocenters. The molecule has 1 unspecified atom stereocenters. The molecule has 0 saturated carbocycles. The SMILES string of the molecule is CC/C=C\C/C=C\C/C=C\C/C=C\C/C=C\C/C=C\CCC(=O)OC(COC(=O)C/C=C\C/C=C\C/C=C\C/C=C\C/C=C\CC)COC(=O)CCCCCCCCCCCCCCCCCCC/C=C\C/C=C\CCCCCCC. The van der Waals surface area contributed by atoms with Gasteiger partial charge in [0.15, 0.2) is 6.10 Å². The van der Waals surface area contributed by atoms with Gasteiger partial charge in [-0.15, -0.1) is 0 Å². The third-order valence-electron chi connectivity index (χ3n) is 13.5. The fourth-order valence-electron chi connectivity index (χ4n) is 8.69. The lowest BCUT2D eigenvalue weighted by Crippen LogP contribution is -2.30. The number of ether oxygens (including phenoxy) is 3. The van der Waals surface area contributed by atoms with Gasteiger partial charge in [-0.1, -0.05) is 301 Å². The second kappa shape index (κ2) is 67.5. The first-order valence-corrected chi connectivity index (χ1v) is 33.0. The average Bonchev–Trinajstić information content (AvgIpc) is 3.47. The summed E-state index contributed by atoms with van der Waals surface area (Å²) in [7, 11) is 0. The van der Waals surface area contributed by atoms with Crippen LogP contribution in [0.3, 0.4) is 0 Å². The Balaban J connectivity index is 4.43. The molecule has 81 heavy (non-hydrogen) atoms. The van der Waals surface area contributed by atoms with Crippen LogP contribution in [0.4, 0.5) is 0 Å².